The monoisotopic (exact) mass is 322 g/mol. The van der Waals surface area contributed by atoms with Crippen LogP contribution >= 0.6 is 0 Å². The molecule has 1 N–H and O–H groups in total. The molecule has 1 fully saturated rings. The summed E-state index contributed by atoms with van der Waals surface area (Å²) in [7, 11) is 0. The summed E-state index contributed by atoms with van der Waals surface area (Å²) in [6, 6.07) is 15.1. The van der Waals surface area contributed by atoms with Crippen molar-refractivity contribution >= 4 is 23.2 Å². The Hall–Kier alpha value is -2.62. The van der Waals surface area contributed by atoms with Crippen LogP contribution in [-0.4, -0.2) is 17.9 Å². The summed E-state index contributed by atoms with van der Waals surface area (Å²) in [4.78, 5) is 26.2. The highest BCUT2D eigenvalue weighted by molar-refractivity contribution is 6.23. The van der Waals surface area contributed by atoms with Gasteiger partial charge in [0.25, 0.3) is 5.91 Å². The van der Waals surface area contributed by atoms with E-state index in [0.717, 1.165) is 18.5 Å². The first-order valence-electron chi connectivity index (χ1n) is 8.43. The summed E-state index contributed by atoms with van der Waals surface area (Å²) in [5.41, 5.74) is 3.94. The lowest BCUT2D eigenvalue weighted by Gasteiger charge is -2.16. The normalized spacial score (nSPS) is 17.4. The van der Waals surface area contributed by atoms with Gasteiger partial charge in [-0.25, -0.2) is 4.90 Å². The van der Waals surface area contributed by atoms with Crippen LogP contribution in [0.4, 0.5) is 11.4 Å². The van der Waals surface area contributed by atoms with Gasteiger partial charge in [-0.2, -0.15) is 0 Å². The molecule has 0 saturated carbocycles. The number of amides is 2. The van der Waals surface area contributed by atoms with Gasteiger partial charge in [0.1, 0.15) is 6.04 Å². The third kappa shape index (κ3) is 3.18. The molecular weight excluding hydrogens is 300 g/mol. The van der Waals surface area contributed by atoms with Gasteiger partial charge in [0.15, 0.2) is 0 Å². The van der Waals surface area contributed by atoms with Gasteiger partial charge in [-0.1, -0.05) is 38.1 Å². The second kappa shape index (κ2) is 6.87. The third-order valence-corrected chi connectivity index (χ3v) is 4.45. The molecule has 2 aromatic rings. The topological polar surface area (TPSA) is 49.4 Å². The molecule has 2 amide bonds. The van der Waals surface area contributed by atoms with Crippen molar-refractivity contribution in [2.45, 2.75) is 39.2 Å². The van der Waals surface area contributed by atoms with Crippen molar-refractivity contribution in [2.75, 3.05) is 10.2 Å². The quantitative estimate of drug-likeness (QED) is 0.856. The number of nitrogens with zero attached hydrogens (tertiary/aromatic N) is 1. The zero-order valence-electron chi connectivity index (χ0n) is 14.1. The van der Waals surface area contributed by atoms with Crippen LogP contribution in [-0.2, 0) is 22.4 Å². The Balaban J connectivity index is 1.75. The van der Waals surface area contributed by atoms with Gasteiger partial charge in [0, 0.05) is 5.69 Å². The van der Waals surface area contributed by atoms with E-state index in [0.29, 0.717) is 5.69 Å². The second-order valence-electron chi connectivity index (χ2n) is 6.04. The summed E-state index contributed by atoms with van der Waals surface area (Å²) in [6.07, 6.45) is 2.09. The van der Waals surface area contributed by atoms with Crippen molar-refractivity contribution in [1.29, 1.82) is 0 Å². The highest BCUT2D eigenvalue weighted by Gasteiger charge is 2.39. The predicted octanol–water partition coefficient (Wildman–Crippen LogP) is 3.56. The smallest absolute Gasteiger partial charge is 0.256 e. The standard InChI is InChI=1S/C20H22N2O2/c1-3-14-5-9-16(10-6-14)21-18-13-19(23)22(20(18)24)17-11-7-15(4-2)8-12-17/h5-12,18,21H,3-4,13H2,1-2H3/t18-/m1/s1. The molecule has 4 nitrogen and oxygen atoms in total. The number of carbonyl (C=O) groups excluding carboxylic acids is 2. The molecule has 0 spiro atoms. The van der Waals surface area contributed by atoms with Crippen LogP contribution in [0.2, 0.25) is 0 Å². The average Bonchev–Trinajstić information content (AvgIpc) is 2.89. The van der Waals surface area contributed by atoms with E-state index in [-0.39, 0.29) is 18.2 Å². The van der Waals surface area contributed by atoms with Crippen LogP contribution in [0.25, 0.3) is 0 Å². The summed E-state index contributed by atoms with van der Waals surface area (Å²) >= 11 is 0. The number of hydrogen-bond donors (Lipinski definition) is 1. The third-order valence-electron chi connectivity index (χ3n) is 4.45. The van der Waals surface area contributed by atoms with Gasteiger partial charge in [-0.15, -0.1) is 0 Å². The number of nitrogens with one attached hydrogen (secondary N) is 1. The van der Waals surface area contributed by atoms with Crippen molar-refractivity contribution in [3.63, 3.8) is 0 Å². The maximum Gasteiger partial charge on any atom is 0.256 e. The Morgan fingerprint density at radius 3 is 2.00 bits per heavy atom. The van der Waals surface area contributed by atoms with Crippen molar-refractivity contribution in [2.24, 2.45) is 0 Å². The molecule has 0 unspecified atom stereocenters. The van der Waals surface area contributed by atoms with E-state index in [4.69, 9.17) is 0 Å². The molecule has 1 saturated heterocycles. The number of aryl methyl sites for hydroxylation is 2. The van der Waals surface area contributed by atoms with Gasteiger partial charge in [0.05, 0.1) is 12.1 Å². The number of hydrogen-bond acceptors (Lipinski definition) is 3. The number of benzene rings is 2. The lowest BCUT2D eigenvalue weighted by Crippen LogP contribution is -2.34. The molecule has 1 atom stereocenters. The van der Waals surface area contributed by atoms with Crippen LogP contribution in [0.1, 0.15) is 31.4 Å². The molecule has 3 rings (SSSR count). The molecule has 1 aliphatic heterocycles. The van der Waals surface area contributed by atoms with Crippen molar-refractivity contribution in [3.8, 4) is 0 Å². The molecule has 2 aromatic carbocycles. The van der Waals surface area contributed by atoms with Gasteiger partial charge >= 0.3 is 0 Å². The van der Waals surface area contributed by atoms with Crippen LogP contribution in [0.5, 0.6) is 0 Å². The van der Waals surface area contributed by atoms with Crippen molar-refractivity contribution in [1.82, 2.24) is 0 Å². The predicted molar refractivity (Wildman–Crippen MR) is 96.2 cm³/mol. The van der Waals surface area contributed by atoms with Crippen LogP contribution in [0, 0.1) is 0 Å². The molecule has 0 bridgehead atoms. The molecule has 0 aliphatic carbocycles. The van der Waals surface area contributed by atoms with Crippen LogP contribution in [0.3, 0.4) is 0 Å². The Bertz CT molecular complexity index is 735. The molecular formula is C20H22N2O2. The summed E-state index contributed by atoms with van der Waals surface area (Å²) in [5, 5.41) is 3.18. The van der Waals surface area contributed by atoms with Gasteiger partial charge in [-0.3, -0.25) is 9.59 Å². The lowest BCUT2D eigenvalue weighted by molar-refractivity contribution is -0.121. The van der Waals surface area contributed by atoms with Crippen molar-refractivity contribution in [3.05, 3.63) is 59.7 Å². The molecule has 4 heteroatoms. The Morgan fingerprint density at radius 1 is 0.917 bits per heavy atom. The fourth-order valence-corrected chi connectivity index (χ4v) is 2.93. The lowest BCUT2D eigenvalue weighted by atomic mass is 10.1. The van der Waals surface area contributed by atoms with Gasteiger partial charge in [-0.05, 0) is 48.2 Å². The average molecular weight is 322 g/mol. The van der Waals surface area contributed by atoms with Crippen LogP contribution in [0.15, 0.2) is 48.5 Å². The highest BCUT2D eigenvalue weighted by atomic mass is 16.2. The van der Waals surface area contributed by atoms with E-state index in [1.807, 2.05) is 48.5 Å². The molecule has 1 aliphatic rings. The molecule has 1 heterocycles. The number of imide groups is 1. The van der Waals surface area contributed by atoms with E-state index < -0.39 is 6.04 Å². The Morgan fingerprint density at radius 2 is 1.46 bits per heavy atom. The number of rotatable bonds is 5. The number of anilines is 2. The summed E-state index contributed by atoms with van der Waals surface area (Å²) in [5.74, 6) is -0.351. The molecule has 124 valence electrons. The minimum atomic E-state index is -0.504. The van der Waals surface area contributed by atoms with E-state index in [1.165, 1.54) is 16.0 Å². The molecule has 24 heavy (non-hydrogen) atoms. The fourth-order valence-electron chi connectivity index (χ4n) is 2.93. The second-order valence-corrected chi connectivity index (χ2v) is 6.04. The highest BCUT2D eigenvalue weighted by Crippen LogP contribution is 2.25. The minimum Gasteiger partial charge on any atom is -0.373 e. The van der Waals surface area contributed by atoms with E-state index in [2.05, 4.69) is 19.2 Å². The number of carbonyl (C=O) groups is 2. The largest absolute Gasteiger partial charge is 0.373 e. The maximum atomic E-state index is 12.6. The van der Waals surface area contributed by atoms with E-state index in [1.54, 1.807) is 0 Å². The minimum absolute atomic E-state index is 0.160. The van der Waals surface area contributed by atoms with Gasteiger partial charge < -0.3 is 5.32 Å². The Kier molecular flexibility index (Phi) is 4.65. The fraction of sp³-hybridized carbons (Fsp3) is 0.300. The van der Waals surface area contributed by atoms with E-state index >= 15 is 0 Å². The SMILES string of the molecule is CCc1ccc(N[C@@H]2CC(=O)N(c3ccc(CC)cc3)C2=O)cc1. The molecule has 0 aromatic heterocycles. The van der Waals surface area contributed by atoms with Crippen LogP contribution < -0.4 is 10.2 Å². The zero-order chi connectivity index (χ0) is 17.1. The first kappa shape index (κ1) is 16.2. The Labute approximate surface area is 142 Å². The van der Waals surface area contributed by atoms with Crippen molar-refractivity contribution < 1.29 is 9.59 Å². The maximum absolute atomic E-state index is 12.6. The van der Waals surface area contributed by atoms with Gasteiger partial charge in [0.2, 0.25) is 5.91 Å². The summed E-state index contributed by atoms with van der Waals surface area (Å²) in [6.45, 7) is 4.17. The van der Waals surface area contributed by atoms with E-state index in [9.17, 15) is 9.59 Å². The summed E-state index contributed by atoms with van der Waals surface area (Å²) < 4.78 is 0. The first-order valence-corrected chi connectivity index (χ1v) is 8.43. The first-order chi connectivity index (χ1) is 11.6. The zero-order valence-corrected chi connectivity index (χ0v) is 14.1. The molecule has 0 radical (unpaired) electrons.